The van der Waals surface area contributed by atoms with Crippen molar-refractivity contribution in [1.29, 1.82) is 0 Å². The van der Waals surface area contributed by atoms with Crippen molar-refractivity contribution in [1.82, 2.24) is 0 Å². The molecular formula is C2H6AuNO. The molecule has 0 aliphatic heterocycles. The minimum atomic E-state index is -0.0278. The van der Waals surface area contributed by atoms with Crippen LogP contribution in [0.3, 0.4) is 0 Å². The molecule has 0 atom stereocenters. The third kappa shape index (κ3) is 12.0. The fourth-order valence-corrected chi connectivity index (χ4v) is 0. The summed E-state index contributed by atoms with van der Waals surface area (Å²) in [5.74, 6) is 0. The predicted molar refractivity (Wildman–Crippen MR) is 15.6 cm³/mol. The Balaban J connectivity index is 0. The largest absolute Gasteiger partial charge is 1.00 e. The molecule has 0 unspecified atom stereocenters. The van der Waals surface area contributed by atoms with Gasteiger partial charge in [-0.25, -0.2) is 6.54 Å². The molecule has 5 heavy (non-hydrogen) atoms. The first-order valence-electron chi connectivity index (χ1n) is 1.06. The van der Waals surface area contributed by atoms with Gasteiger partial charge in [-0.2, -0.15) is 0 Å². The second kappa shape index (κ2) is 8.82. The van der Waals surface area contributed by atoms with Crippen LogP contribution in [-0.4, -0.2) is 11.7 Å². The molecule has 0 aromatic carbocycles. The summed E-state index contributed by atoms with van der Waals surface area (Å²) in [5, 5.41) is 7.69. The molecule has 0 fully saturated rings. The molecule has 2 nitrogen and oxygen atoms in total. The van der Waals surface area contributed by atoms with Gasteiger partial charge in [0.25, 0.3) is 0 Å². The second-order valence-electron chi connectivity index (χ2n) is 0.418. The van der Waals surface area contributed by atoms with Gasteiger partial charge in [-0.05, 0) is 0 Å². The average molecular weight is 257 g/mol. The van der Waals surface area contributed by atoms with Crippen LogP contribution in [0.1, 0.15) is 0 Å². The molecule has 0 bridgehead atoms. The van der Waals surface area contributed by atoms with Gasteiger partial charge in [0.2, 0.25) is 0 Å². The van der Waals surface area contributed by atoms with Crippen molar-refractivity contribution in [2.75, 3.05) is 6.61 Å². The van der Waals surface area contributed by atoms with Gasteiger partial charge in [0.05, 0.1) is 0 Å². The zero-order valence-corrected chi connectivity index (χ0v) is 4.78. The van der Waals surface area contributed by atoms with Gasteiger partial charge in [0, 0.05) is 0 Å². The molecule has 3 heteroatoms. The molecule has 0 aliphatic rings. The van der Waals surface area contributed by atoms with E-state index >= 15 is 0 Å². The van der Waals surface area contributed by atoms with E-state index in [1.807, 2.05) is 0 Å². The smallest absolute Gasteiger partial charge is 0.481 e. The molecule has 36 valence electrons. The molecule has 0 amide bonds. The van der Waals surface area contributed by atoms with Crippen LogP contribution in [0.5, 0.6) is 0 Å². The van der Waals surface area contributed by atoms with E-state index < -0.39 is 0 Å². The average Bonchev–Trinajstić information content (AvgIpc) is 1.37. The van der Waals surface area contributed by atoms with Gasteiger partial charge in [0.1, 0.15) is 0 Å². The SMILES string of the molecule is N[CH-]CO.[Au+]. The molecule has 0 aliphatic carbocycles. The van der Waals surface area contributed by atoms with E-state index in [2.05, 4.69) is 5.73 Å². The van der Waals surface area contributed by atoms with Gasteiger partial charge in [-0.1, -0.05) is 6.61 Å². The van der Waals surface area contributed by atoms with Crippen LogP contribution >= 0.6 is 0 Å². The Morgan fingerprint density at radius 3 is 2.00 bits per heavy atom. The zero-order chi connectivity index (χ0) is 3.41. The van der Waals surface area contributed by atoms with E-state index in [4.69, 9.17) is 5.11 Å². The first-order valence-corrected chi connectivity index (χ1v) is 1.06. The van der Waals surface area contributed by atoms with Crippen molar-refractivity contribution >= 4 is 0 Å². The topological polar surface area (TPSA) is 46.2 Å². The fourth-order valence-electron chi connectivity index (χ4n) is 0. The predicted octanol–water partition coefficient (Wildman–Crippen LogP) is -0.903. The van der Waals surface area contributed by atoms with E-state index in [-0.39, 0.29) is 29.0 Å². The molecular weight excluding hydrogens is 251 g/mol. The van der Waals surface area contributed by atoms with Gasteiger partial charge in [-0.3, -0.25) is 0 Å². The summed E-state index contributed by atoms with van der Waals surface area (Å²) in [6.45, 7) is 1.15. The molecule has 0 heterocycles. The molecule has 3 N–H and O–H groups in total. The van der Waals surface area contributed by atoms with E-state index in [1.165, 1.54) is 6.54 Å². The molecule has 0 radical (unpaired) electrons. The fraction of sp³-hybridized carbons (Fsp3) is 0.500. The quantitative estimate of drug-likeness (QED) is 0.472. The van der Waals surface area contributed by atoms with E-state index in [0.29, 0.717) is 0 Å². The van der Waals surface area contributed by atoms with E-state index in [1.54, 1.807) is 0 Å². The maximum atomic E-state index is 7.69. The maximum Gasteiger partial charge on any atom is 1.00 e. The number of rotatable bonds is 1. The molecule has 0 aromatic heterocycles. The monoisotopic (exact) mass is 257 g/mol. The summed E-state index contributed by atoms with van der Waals surface area (Å²) in [4.78, 5) is 0. The Bertz CT molecular complexity index is 11.6. The van der Waals surface area contributed by atoms with Gasteiger partial charge in [-0.15, -0.1) is 0 Å². The van der Waals surface area contributed by atoms with Crippen LogP contribution in [-0.2, 0) is 22.4 Å². The number of nitrogens with two attached hydrogens (primary N) is 1. The van der Waals surface area contributed by atoms with E-state index in [9.17, 15) is 0 Å². The molecule has 0 aromatic rings. The summed E-state index contributed by atoms with van der Waals surface area (Å²) in [5.41, 5.74) is 4.65. The van der Waals surface area contributed by atoms with Crippen molar-refractivity contribution in [3.63, 3.8) is 0 Å². The van der Waals surface area contributed by atoms with Gasteiger partial charge >= 0.3 is 22.4 Å². The van der Waals surface area contributed by atoms with Gasteiger partial charge in [0.15, 0.2) is 0 Å². The summed E-state index contributed by atoms with van der Waals surface area (Å²) in [6, 6.07) is 0. The van der Waals surface area contributed by atoms with Crippen molar-refractivity contribution in [3.05, 3.63) is 6.54 Å². The van der Waals surface area contributed by atoms with Gasteiger partial charge < -0.3 is 10.8 Å². The number of hydrogen-bond acceptors (Lipinski definition) is 2. The Morgan fingerprint density at radius 1 is 1.80 bits per heavy atom. The van der Waals surface area contributed by atoms with Crippen LogP contribution in [0.25, 0.3) is 0 Å². The van der Waals surface area contributed by atoms with Crippen LogP contribution < -0.4 is 5.73 Å². The number of aliphatic hydroxyl groups is 1. The Labute approximate surface area is 46.9 Å². The molecule has 0 saturated heterocycles. The third-order valence-corrected chi connectivity index (χ3v) is 0.105. The Hall–Kier alpha value is 0.660. The van der Waals surface area contributed by atoms with Crippen LogP contribution in [0, 0.1) is 6.54 Å². The molecule has 0 spiro atoms. The summed E-state index contributed by atoms with van der Waals surface area (Å²) in [7, 11) is 0. The second-order valence-corrected chi connectivity index (χ2v) is 0.418. The Morgan fingerprint density at radius 2 is 2.00 bits per heavy atom. The molecule has 0 saturated carbocycles. The maximum absolute atomic E-state index is 7.69. The number of hydrogen-bond donors (Lipinski definition) is 2. The third-order valence-electron chi connectivity index (χ3n) is 0.105. The summed E-state index contributed by atoms with van der Waals surface area (Å²) >= 11 is 0. The summed E-state index contributed by atoms with van der Waals surface area (Å²) in [6.07, 6.45) is 0. The van der Waals surface area contributed by atoms with E-state index in [0.717, 1.165) is 0 Å². The van der Waals surface area contributed by atoms with Crippen molar-refractivity contribution in [2.45, 2.75) is 0 Å². The first-order chi connectivity index (χ1) is 1.91. The van der Waals surface area contributed by atoms with Crippen molar-refractivity contribution in [2.24, 2.45) is 5.73 Å². The van der Waals surface area contributed by atoms with Crippen molar-refractivity contribution < 1.29 is 27.5 Å². The summed E-state index contributed by atoms with van der Waals surface area (Å²) < 4.78 is 0. The Kier molecular flexibility index (Phi) is 16.2. The zero-order valence-electron chi connectivity index (χ0n) is 2.61. The van der Waals surface area contributed by atoms with Crippen LogP contribution in [0.2, 0.25) is 0 Å². The van der Waals surface area contributed by atoms with Crippen molar-refractivity contribution in [3.8, 4) is 0 Å². The minimum Gasteiger partial charge on any atom is -0.481 e. The normalized spacial score (nSPS) is 6.00. The standard InChI is InChI=1S/C2H6NO.Au/c3-1-2-4;/h1,4H,2-3H2;/q-1;+1. The van der Waals surface area contributed by atoms with Crippen LogP contribution in [0.15, 0.2) is 0 Å². The number of aliphatic hydroxyl groups excluding tert-OH is 1. The van der Waals surface area contributed by atoms with Crippen LogP contribution in [0.4, 0.5) is 0 Å². The minimum absolute atomic E-state index is 0. The first kappa shape index (κ1) is 9.18. The molecule has 0 rings (SSSR count).